The second-order valence-corrected chi connectivity index (χ2v) is 6.71. The van der Waals surface area contributed by atoms with E-state index in [0.717, 1.165) is 30.9 Å². The summed E-state index contributed by atoms with van der Waals surface area (Å²) in [4.78, 5) is 27.6. The van der Waals surface area contributed by atoms with Crippen LogP contribution in [0.5, 0.6) is 0 Å². The van der Waals surface area contributed by atoms with Gasteiger partial charge in [0.15, 0.2) is 10.9 Å². The van der Waals surface area contributed by atoms with Crippen molar-refractivity contribution in [3.8, 4) is 11.5 Å². The van der Waals surface area contributed by atoms with Crippen molar-refractivity contribution < 1.29 is 9.21 Å². The van der Waals surface area contributed by atoms with Gasteiger partial charge in [-0.05, 0) is 25.0 Å². The lowest BCUT2D eigenvalue weighted by molar-refractivity contribution is -0.120. The van der Waals surface area contributed by atoms with Gasteiger partial charge in [0.1, 0.15) is 11.5 Å². The third kappa shape index (κ3) is 3.53. The number of hydrogen-bond acceptors (Lipinski definition) is 7. The molecule has 8 heteroatoms. The second kappa shape index (κ2) is 7.02. The number of piperidine rings is 1. The van der Waals surface area contributed by atoms with Crippen molar-refractivity contribution in [2.75, 3.05) is 23.3 Å². The Kier molecular flexibility index (Phi) is 4.43. The van der Waals surface area contributed by atoms with E-state index in [-0.39, 0.29) is 11.8 Å². The molecule has 4 rings (SSSR count). The van der Waals surface area contributed by atoms with Crippen LogP contribution in [0.15, 0.2) is 46.8 Å². The number of thiazole rings is 1. The summed E-state index contributed by atoms with van der Waals surface area (Å²) in [5.41, 5.74) is 0.732. The molecule has 0 aliphatic carbocycles. The summed E-state index contributed by atoms with van der Waals surface area (Å²) in [6.45, 7) is 1.53. The van der Waals surface area contributed by atoms with E-state index in [2.05, 4.69) is 25.2 Å². The molecule has 1 saturated heterocycles. The van der Waals surface area contributed by atoms with Gasteiger partial charge in [0, 0.05) is 30.9 Å². The summed E-state index contributed by atoms with van der Waals surface area (Å²) in [7, 11) is 0. The number of nitrogens with zero attached hydrogens (tertiary/aromatic N) is 4. The maximum Gasteiger partial charge on any atom is 0.231 e. The summed E-state index contributed by atoms with van der Waals surface area (Å²) in [5.74, 6) is 1.42. The van der Waals surface area contributed by atoms with Crippen molar-refractivity contribution in [1.29, 1.82) is 0 Å². The zero-order valence-corrected chi connectivity index (χ0v) is 14.3. The fourth-order valence-electron chi connectivity index (χ4n) is 2.93. The molecule has 0 bridgehead atoms. The van der Waals surface area contributed by atoms with Crippen LogP contribution in [0.4, 0.5) is 10.9 Å². The van der Waals surface area contributed by atoms with E-state index in [1.165, 1.54) is 11.3 Å². The van der Waals surface area contributed by atoms with Crippen molar-refractivity contribution in [1.82, 2.24) is 15.0 Å². The maximum atomic E-state index is 12.6. The smallest absolute Gasteiger partial charge is 0.231 e. The van der Waals surface area contributed by atoms with Gasteiger partial charge in [-0.25, -0.2) is 9.97 Å². The molecule has 1 N–H and O–H groups in total. The lowest BCUT2D eigenvalue weighted by Crippen LogP contribution is -2.41. The van der Waals surface area contributed by atoms with Gasteiger partial charge in [0.05, 0.1) is 18.4 Å². The topological polar surface area (TPSA) is 84.2 Å². The Morgan fingerprint density at radius 3 is 3.16 bits per heavy atom. The minimum absolute atomic E-state index is 0.00562. The van der Waals surface area contributed by atoms with E-state index >= 15 is 0 Å². The number of furan rings is 1. The lowest BCUT2D eigenvalue weighted by atomic mass is 9.97. The molecule has 1 aliphatic heterocycles. The Morgan fingerprint density at radius 1 is 1.40 bits per heavy atom. The quantitative estimate of drug-likeness (QED) is 0.774. The molecule has 0 aromatic carbocycles. The molecule has 0 spiro atoms. The van der Waals surface area contributed by atoms with Crippen LogP contribution < -0.4 is 10.2 Å². The number of carbonyl (C=O) groups is 1. The van der Waals surface area contributed by atoms with Gasteiger partial charge in [0.2, 0.25) is 5.91 Å². The number of hydrogen-bond donors (Lipinski definition) is 1. The Balaban J connectivity index is 1.41. The van der Waals surface area contributed by atoms with Crippen LogP contribution in [-0.2, 0) is 4.79 Å². The van der Waals surface area contributed by atoms with Crippen LogP contribution in [0, 0.1) is 5.92 Å². The van der Waals surface area contributed by atoms with E-state index < -0.39 is 0 Å². The van der Waals surface area contributed by atoms with Crippen molar-refractivity contribution in [3.63, 3.8) is 0 Å². The van der Waals surface area contributed by atoms with Crippen molar-refractivity contribution in [3.05, 3.63) is 42.4 Å². The Morgan fingerprint density at radius 2 is 2.36 bits per heavy atom. The van der Waals surface area contributed by atoms with E-state index in [0.29, 0.717) is 17.4 Å². The summed E-state index contributed by atoms with van der Waals surface area (Å²) < 4.78 is 5.33. The monoisotopic (exact) mass is 355 g/mol. The van der Waals surface area contributed by atoms with Gasteiger partial charge < -0.3 is 14.6 Å². The molecular weight excluding hydrogens is 338 g/mol. The standard InChI is InChI=1S/C17H17N5O2S/c23-16(21-17-20-13(11-25-17)14-4-2-8-24-14)12-3-1-7-22(10-12)15-9-18-5-6-19-15/h2,4-6,8-9,11-12H,1,3,7,10H2,(H,20,21,23). The Labute approximate surface area is 148 Å². The molecule has 1 unspecified atom stereocenters. The number of carbonyl (C=O) groups excluding carboxylic acids is 1. The Bertz CT molecular complexity index is 834. The van der Waals surface area contributed by atoms with Crippen LogP contribution in [0.25, 0.3) is 11.5 Å². The van der Waals surface area contributed by atoms with Crippen molar-refractivity contribution in [2.45, 2.75) is 12.8 Å². The van der Waals surface area contributed by atoms with Gasteiger partial charge in [-0.3, -0.25) is 9.78 Å². The molecule has 25 heavy (non-hydrogen) atoms. The van der Waals surface area contributed by atoms with Gasteiger partial charge >= 0.3 is 0 Å². The highest BCUT2D eigenvalue weighted by Gasteiger charge is 2.27. The second-order valence-electron chi connectivity index (χ2n) is 5.85. The molecular formula is C17H17N5O2S. The highest BCUT2D eigenvalue weighted by atomic mass is 32.1. The molecule has 3 aromatic rings. The highest BCUT2D eigenvalue weighted by molar-refractivity contribution is 7.14. The zero-order chi connectivity index (χ0) is 17.1. The lowest BCUT2D eigenvalue weighted by Gasteiger charge is -2.32. The third-order valence-corrected chi connectivity index (χ3v) is 4.93. The molecule has 1 fully saturated rings. The van der Waals surface area contributed by atoms with Crippen LogP contribution in [0.3, 0.4) is 0 Å². The largest absolute Gasteiger partial charge is 0.463 e. The molecule has 1 atom stereocenters. The average molecular weight is 355 g/mol. The van der Waals surface area contributed by atoms with Crippen LogP contribution >= 0.6 is 11.3 Å². The molecule has 0 radical (unpaired) electrons. The van der Waals surface area contributed by atoms with Gasteiger partial charge in [-0.2, -0.15) is 0 Å². The van der Waals surface area contributed by atoms with Gasteiger partial charge in [-0.1, -0.05) is 0 Å². The van der Waals surface area contributed by atoms with E-state index in [4.69, 9.17) is 4.42 Å². The number of rotatable bonds is 4. The molecule has 1 amide bonds. The van der Waals surface area contributed by atoms with Gasteiger partial charge in [-0.15, -0.1) is 11.3 Å². The summed E-state index contributed by atoms with van der Waals surface area (Å²) in [6, 6.07) is 3.66. The summed E-state index contributed by atoms with van der Waals surface area (Å²) in [6.07, 6.45) is 8.47. The first-order chi connectivity index (χ1) is 12.3. The SMILES string of the molecule is O=C(Nc1nc(-c2ccco2)cs1)C1CCCN(c2cnccn2)C1. The van der Waals surface area contributed by atoms with E-state index in [9.17, 15) is 4.79 Å². The highest BCUT2D eigenvalue weighted by Crippen LogP contribution is 2.27. The first-order valence-electron chi connectivity index (χ1n) is 8.11. The fourth-order valence-corrected chi connectivity index (χ4v) is 3.63. The zero-order valence-electron chi connectivity index (χ0n) is 13.5. The minimum atomic E-state index is -0.0910. The normalized spacial score (nSPS) is 17.4. The van der Waals surface area contributed by atoms with Crippen molar-refractivity contribution in [2.24, 2.45) is 5.92 Å². The van der Waals surface area contributed by atoms with E-state index in [1.54, 1.807) is 24.9 Å². The molecule has 0 saturated carbocycles. The van der Waals surface area contributed by atoms with E-state index in [1.807, 2.05) is 17.5 Å². The first kappa shape index (κ1) is 15.8. The number of nitrogens with one attached hydrogen (secondary N) is 1. The predicted molar refractivity (Wildman–Crippen MR) is 95.4 cm³/mol. The Hall–Kier alpha value is -2.74. The van der Waals surface area contributed by atoms with Crippen molar-refractivity contribution >= 4 is 28.2 Å². The summed E-state index contributed by atoms with van der Waals surface area (Å²) >= 11 is 1.40. The third-order valence-electron chi connectivity index (χ3n) is 4.17. The first-order valence-corrected chi connectivity index (χ1v) is 8.99. The fraction of sp³-hybridized carbons (Fsp3) is 0.294. The summed E-state index contributed by atoms with van der Waals surface area (Å²) in [5, 5.41) is 5.40. The van der Waals surface area contributed by atoms with Crippen LogP contribution in [0.1, 0.15) is 12.8 Å². The number of aromatic nitrogens is 3. The molecule has 3 aromatic heterocycles. The predicted octanol–water partition coefficient (Wildman–Crippen LogP) is 3.05. The molecule has 4 heterocycles. The molecule has 128 valence electrons. The van der Waals surface area contributed by atoms with Gasteiger partial charge in [0.25, 0.3) is 0 Å². The van der Waals surface area contributed by atoms with Crippen LogP contribution in [-0.4, -0.2) is 33.9 Å². The molecule has 7 nitrogen and oxygen atoms in total. The maximum absolute atomic E-state index is 12.6. The average Bonchev–Trinajstić information content (AvgIpc) is 3.34. The number of amides is 1. The molecule has 1 aliphatic rings. The number of anilines is 2. The minimum Gasteiger partial charge on any atom is -0.463 e. The van der Waals surface area contributed by atoms with Crippen LogP contribution in [0.2, 0.25) is 0 Å².